The molecule has 1 fully saturated rings. The van der Waals surface area contributed by atoms with Gasteiger partial charge in [-0.05, 0) is 39.8 Å². The molecule has 112 valence electrons. The highest BCUT2D eigenvalue weighted by atomic mass is 15.3. The first-order valence-corrected chi connectivity index (χ1v) is 7.67. The Hall–Kier alpha value is -0.900. The number of benzene rings is 1. The van der Waals surface area contributed by atoms with Crippen LogP contribution in [0, 0.1) is 0 Å². The van der Waals surface area contributed by atoms with Crippen LogP contribution in [0.15, 0.2) is 30.3 Å². The standard InChI is InChI=1S/C17H29N3/c1-14-11-20(12-15(2)19(14)4)17(3,13-18)10-16-8-6-5-7-9-16/h5-9,14-15H,10-13,18H2,1-4H3. The molecule has 3 nitrogen and oxygen atoms in total. The molecule has 0 radical (unpaired) electrons. The highest BCUT2D eigenvalue weighted by Gasteiger charge is 2.37. The normalized spacial score (nSPS) is 28.2. The van der Waals surface area contributed by atoms with Gasteiger partial charge in [-0.15, -0.1) is 0 Å². The van der Waals surface area contributed by atoms with Crippen LogP contribution in [0.4, 0.5) is 0 Å². The van der Waals surface area contributed by atoms with E-state index in [1.54, 1.807) is 0 Å². The Labute approximate surface area is 123 Å². The lowest BCUT2D eigenvalue weighted by molar-refractivity contribution is -0.00219. The highest BCUT2D eigenvalue weighted by molar-refractivity contribution is 5.18. The summed E-state index contributed by atoms with van der Waals surface area (Å²) in [6.07, 6.45) is 1.02. The topological polar surface area (TPSA) is 32.5 Å². The molecule has 1 aliphatic heterocycles. The van der Waals surface area contributed by atoms with Gasteiger partial charge in [-0.1, -0.05) is 30.3 Å². The van der Waals surface area contributed by atoms with E-state index in [-0.39, 0.29) is 5.54 Å². The molecule has 0 spiro atoms. The number of rotatable bonds is 4. The molecule has 1 saturated heterocycles. The molecule has 3 heteroatoms. The lowest BCUT2D eigenvalue weighted by atomic mass is 9.89. The second-order valence-electron chi connectivity index (χ2n) is 6.63. The van der Waals surface area contributed by atoms with Crippen molar-refractivity contribution in [2.75, 3.05) is 26.7 Å². The molecule has 1 aromatic rings. The van der Waals surface area contributed by atoms with Crippen LogP contribution < -0.4 is 5.73 Å². The van der Waals surface area contributed by atoms with Crippen LogP contribution in [0.25, 0.3) is 0 Å². The van der Waals surface area contributed by atoms with E-state index in [4.69, 9.17) is 5.73 Å². The molecule has 2 rings (SSSR count). The zero-order chi connectivity index (χ0) is 14.8. The summed E-state index contributed by atoms with van der Waals surface area (Å²) >= 11 is 0. The van der Waals surface area contributed by atoms with Crippen molar-refractivity contribution in [1.29, 1.82) is 0 Å². The number of nitrogens with two attached hydrogens (primary N) is 1. The molecule has 3 unspecified atom stereocenters. The van der Waals surface area contributed by atoms with Crippen LogP contribution in [0.1, 0.15) is 26.3 Å². The summed E-state index contributed by atoms with van der Waals surface area (Å²) in [4.78, 5) is 5.06. The van der Waals surface area contributed by atoms with Crippen molar-refractivity contribution >= 4 is 0 Å². The van der Waals surface area contributed by atoms with E-state index in [0.717, 1.165) is 19.5 Å². The van der Waals surface area contributed by atoms with E-state index in [0.29, 0.717) is 18.6 Å². The van der Waals surface area contributed by atoms with E-state index in [2.05, 4.69) is 68.0 Å². The minimum absolute atomic E-state index is 0.0468. The molecule has 0 aliphatic carbocycles. The fourth-order valence-electron chi connectivity index (χ4n) is 3.19. The first-order valence-electron chi connectivity index (χ1n) is 7.67. The van der Waals surface area contributed by atoms with Gasteiger partial charge in [-0.3, -0.25) is 9.80 Å². The van der Waals surface area contributed by atoms with Crippen molar-refractivity contribution in [3.8, 4) is 0 Å². The Morgan fingerprint density at radius 2 is 1.70 bits per heavy atom. The van der Waals surface area contributed by atoms with Crippen LogP contribution in [-0.4, -0.2) is 54.1 Å². The molecule has 0 aromatic heterocycles. The first kappa shape index (κ1) is 15.5. The second-order valence-corrected chi connectivity index (χ2v) is 6.63. The third-order valence-corrected chi connectivity index (χ3v) is 4.99. The highest BCUT2D eigenvalue weighted by Crippen LogP contribution is 2.25. The van der Waals surface area contributed by atoms with Gasteiger partial charge < -0.3 is 5.73 Å². The Balaban J connectivity index is 2.14. The molecule has 1 aromatic carbocycles. The summed E-state index contributed by atoms with van der Waals surface area (Å²) in [5.41, 5.74) is 7.58. The predicted molar refractivity (Wildman–Crippen MR) is 85.9 cm³/mol. The van der Waals surface area contributed by atoms with Gasteiger partial charge in [0.05, 0.1) is 0 Å². The summed E-state index contributed by atoms with van der Waals surface area (Å²) < 4.78 is 0. The van der Waals surface area contributed by atoms with Crippen LogP contribution in [-0.2, 0) is 6.42 Å². The molecular formula is C17H29N3. The van der Waals surface area contributed by atoms with Gasteiger partial charge in [-0.25, -0.2) is 0 Å². The van der Waals surface area contributed by atoms with Crippen molar-refractivity contribution in [3.05, 3.63) is 35.9 Å². The van der Waals surface area contributed by atoms with E-state index in [1.165, 1.54) is 5.56 Å². The SMILES string of the molecule is CC1CN(C(C)(CN)Cc2ccccc2)CC(C)N1C. The predicted octanol–water partition coefficient (Wildman–Crippen LogP) is 1.97. The summed E-state index contributed by atoms with van der Waals surface area (Å²) in [6, 6.07) is 11.9. The van der Waals surface area contributed by atoms with Crippen molar-refractivity contribution in [2.24, 2.45) is 5.73 Å². The summed E-state index contributed by atoms with van der Waals surface area (Å²) in [5.74, 6) is 0. The van der Waals surface area contributed by atoms with Crippen molar-refractivity contribution in [3.63, 3.8) is 0 Å². The van der Waals surface area contributed by atoms with Crippen molar-refractivity contribution in [1.82, 2.24) is 9.80 Å². The maximum atomic E-state index is 6.16. The molecule has 0 amide bonds. The number of piperazine rings is 1. The third-order valence-electron chi connectivity index (χ3n) is 4.99. The smallest absolute Gasteiger partial charge is 0.0345 e. The van der Waals surface area contributed by atoms with Gasteiger partial charge in [0.2, 0.25) is 0 Å². The van der Waals surface area contributed by atoms with Gasteiger partial charge in [0.1, 0.15) is 0 Å². The molecule has 0 saturated carbocycles. The fourth-order valence-corrected chi connectivity index (χ4v) is 3.19. The summed E-state index contributed by atoms with van der Waals surface area (Å²) in [7, 11) is 2.23. The maximum absolute atomic E-state index is 6.16. The van der Waals surface area contributed by atoms with E-state index in [9.17, 15) is 0 Å². The fraction of sp³-hybridized carbons (Fsp3) is 0.647. The van der Waals surface area contributed by atoms with Gasteiger partial charge in [0, 0.05) is 37.3 Å². The maximum Gasteiger partial charge on any atom is 0.0345 e. The Morgan fingerprint density at radius 3 is 2.20 bits per heavy atom. The number of hydrogen-bond acceptors (Lipinski definition) is 3. The van der Waals surface area contributed by atoms with E-state index in [1.807, 2.05) is 0 Å². The molecule has 1 heterocycles. The van der Waals surface area contributed by atoms with Gasteiger partial charge in [0.15, 0.2) is 0 Å². The van der Waals surface area contributed by atoms with Crippen LogP contribution in [0.2, 0.25) is 0 Å². The summed E-state index contributed by atoms with van der Waals surface area (Å²) in [6.45, 7) is 9.82. The number of likely N-dealkylation sites (N-methyl/N-ethyl adjacent to an activating group) is 1. The minimum Gasteiger partial charge on any atom is -0.329 e. The van der Waals surface area contributed by atoms with E-state index < -0.39 is 0 Å². The van der Waals surface area contributed by atoms with Gasteiger partial charge in [-0.2, -0.15) is 0 Å². The molecule has 1 aliphatic rings. The monoisotopic (exact) mass is 275 g/mol. The van der Waals surface area contributed by atoms with Crippen molar-refractivity contribution in [2.45, 2.75) is 44.8 Å². The molecule has 20 heavy (non-hydrogen) atoms. The Kier molecular flexibility index (Phi) is 4.84. The second kappa shape index (κ2) is 6.25. The average molecular weight is 275 g/mol. The Bertz CT molecular complexity index is 408. The molecular weight excluding hydrogens is 246 g/mol. The Morgan fingerprint density at radius 1 is 1.15 bits per heavy atom. The van der Waals surface area contributed by atoms with Gasteiger partial charge in [0.25, 0.3) is 0 Å². The van der Waals surface area contributed by atoms with Crippen LogP contribution in [0.3, 0.4) is 0 Å². The molecule has 2 N–H and O–H groups in total. The zero-order valence-corrected chi connectivity index (χ0v) is 13.3. The lowest BCUT2D eigenvalue weighted by Crippen LogP contribution is -2.64. The van der Waals surface area contributed by atoms with E-state index >= 15 is 0 Å². The summed E-state index contributed by atoms with van der Waals surface area (Å²) in [5, 5.41) is 0. The van der Waals surface area contributed by atoms with Crippen LogP contribution in [0.5, 0.6) is 0 Å². The minimum atomic E-state index is 0.0468. The molecule has 0 bridgehead atoms. The first-order chi connectivity index (χ1) is 9.46. The third kappa shape index (κ3) is 3.22. The quantitative estimate of drug-likeness (QED) is 0.912. The largest absolute Gasteiger partial charge is 0.329 e. The number of nitrogens with zero attached hydrogens (tertiary/aromatic N) is 2. The zero-order valence-electron chi connectivity index (χ0n) is 13.3. The van der Waals surface area contributed by atoms with Gasteiger partial charge >= 0.3 is 0 Å². The average Bonchev–Trinajstić information content (AvgIpc) is 2.45. The van der Waals surface area contributed by atoms with Crippen LogP contribution >= 0.6 is 0 Å². The molecule has 3 atom stereocenters. The number of hydrogen-bond donors (Lipinski definition) is 1. The lowest BCUT2D eigenvalue weighted by Gasteiger charge is -2.50. The van der Waals surface area contributed by atoms with Crippen molar-refractivity contribution < 1.29 is 0 Å².